The van der Waals surface area contributed by atoms with Gasteiger partial charge in [0, 0.05) is 18.0 Å². The Bertz CT molecular complexity index is 530. The highest BCUT2D eigenvalue weighted by molar-refractivity contribution is 7.16. The number of hydrogen-bond acceptors (Lipinski definition) is 4. The zero-order chi connectivity index (χ0) is 13.7. The summed E-state index contributed by atoms with van der Waals surface area (Å²) < 4.78 is 6.69. The van der Waals surface area contributed by atoms with Crippen molar-refractivity contribution in [3.05, 3.63) is 51.2 Å². The van der Waals surface area contributed by atoms with Crippen LogP contribution in [-0.2, 0) is 6.42 Å². The number of ether oxygens (including phenoxy) is 1. The van der Waals surface area contributed by atoms with Gasteiger partial charge in [0.05, 0.1) is 4.34 Å². The normalized spacial score (nSPS) is 12.4. The van der Waals surface area contributed by atoms with E-state index in [1.165, 1.54) is 11.3 Å². The Labute approximate surface area is 121 Å². The van der Waals surface area contributed by atoms with E-state index in [1.807, 2.05) is 36.4 Å². The standard InChI is InChI=1S/C14H16ClNO2S/c15-14-6-5-13(19-14)12(9-16)18-11-4-2-1-3-10(11)7-8-17/h1-6,12,17H,7-9,16H2. The fourth-order valence-electron chi connectivity index (χ4n) is 1.82. The van der Waals surface area contributed by atoms with E-state index in [0.29, 0.717) is 13.0 Å². The lowest BCUT2D eigenvalue weighted by Crippen LogP contribution is -2.18. The fraction of sp³-hybridized carbons (Fsp3) is 0.286. The number of rotatable bonds is 6. The van der Waals surface area contributed by atoms with E-state index in [9.17, 15) is 0 Å². The summed E-state index contributed by atoms with van der Waals surface area (Å²) in [4.78, 5) is 1.01. The second kappa shape index (κ2) is 6.91. The molecule has 0 bridgehead atoms. The molecule has 0 aliphatic carbocycles. The molecule has 0 aliphatic rings. The Morgan fingerprint density at radius 3 is 2.68 bits per heavy atom. The number of aliphatic hydroxyl groups excluding tert-OH is 1. The zero-order valence-electron chi connectivity index (χ0n) is 10.4. The zero-order valence-corrected chi connectivity index (χ0v) is 12.0. The highest BCUT2D eigenvalue weighted by atomic mass is 35.5. The van der Waals surface area contributed by atoms with Crippen molar-refractivity contribution in [3.8, 4) is 5.75 Å². The van der Waals surface area contributed by atoms with Gasteiger partial charge < -0.3 is 15.6 Å². The monoisotopic (exact) mass is 297 g/mol. The van der Waals surface area contributed by atoms with Crippen molar-refractivity contribution in [1.29, 1.82) is 0 Å². The molecule has 102 valence electrons. The summed E-state index contributed by atoms with van der Waals surface area (Å²) in [6.45, 7) is 0.475. The largest absolute Gasteiger partial charge is 0.483 e. The third-order valence-corrected chi connectivity index (χ3v) is 4.07. The first-order valence-corrected chi connectivity index (χ1v) is 7.24. The van der Waals surface area contributed by atoms with Gasteiger partial charge in [-0.1, -0.05) is 29.8 Å². The predicted molar refractivity (Wildman–Crippen MR) is 79.0 cm³/mol. The average molecular weight is 298 g/mol. The minimum atomic E-state index is -0.211. The van der Waals surface area contributed by atoms with Crippen LogP contribution in [0, 0.1) is 0 Å². The van der Waals surface area contributed by atoms with Crippen molar-refractivity contribution < 1.29 is 9.84 Å². The second-order valence-electron chi connectivity index (χ2n) is 4.07. The quantitative estimate of drug-likeness (QED) is 0.862. The average Bonchev–Trinajstić information content (AvgIpc) is 2.84. The molecule has 0 aliphatic heterocycles. The van der Waals surface area contributed by atoms with Crippen LogP contribution in [0.1, 0.15) is 16.5 Å². The molecule has 1 unspecified atom stereocenters. The molecule has 1 aromatic heterocycles. The second-order valence-corrected chi connectivity index (χ2v) is 5.81. The summed E-state index contributed by atoms with van der Waals surface area (Å²) in [5, 5.41) is 9.06. The SMILES string of the molecule is NCC(Oc1ccccc1CCO)c1ccc(Cl)s1. The minimum Gasteiger partial charge on any atom is -0.483 e. The van der Waals surface area contributed by atoms with Crippen LogP contribution in [0.15, 0.2) is 36.4 Å². The molecular weight excluding hydrogens is 282 g/mol. The van der Waals surface area contributed by atoms with E-state index in [4.69, 9.17) is 27.2 Å². The van der Waals surface area contributed by atoms with E-state index in [2.05, 4.69) is 0 Å². The maximum atomic E-state index is 9.06. The highest BCUT2D eigenvalue weighted by Gasteiger charge is 2.15. The molecule has 5 heteroatoms. The number of benzene rings is 1. The van der Waals surface area contributed by atoms with Crippen molar-refractivity contribution in [1.82, 2.24) is 0 Å². The Kier molecular flexibility index (Phi) is 5.22. The highest BCUT2D eigenvalue weighted by Crippen LogP contribution is 2.31. The lowest BCUT2D eigenvalue weighted by atomic mass is 10.1. The summed E-state index contributed by atoms with van der Waals surface area (Å²) in [6, 6.07) is 11.4. The molecule has 0 saturated heterocycles. The van der Waals surface area contributed by atoms with Crippen LogP contribution >= 0.6 is 22.9 Å². The first-order valence-electron chi connectivity index (χ1n) is 6.05. The first-order chi connectivity index (χ1) is 9.24. The van der Waals surface area contributed by atoms with E-state index in [-0.39, 0.29) is 12.7 Å². The van der Waals surface area contributed by atoms with Gasteiger partial charge in [-0.2, -0.15) is 0 Å². The van der Waals surface area contributed by atoms with Gasteiger partial charge in [-0.05, 0) is 30.2 Å². The molecule has 1 aromatic carbocycles. The van der Waals surface area contributed by atoms with Crippen LogP contribution in [-0.4, -0.2) is 18.3 Å². The lowest BCUT2D eigenvalue weighted by molar-refractivity contribution is 0.213. The lowest BCUT2D eigenvalue weighted by Gasteiger charge is -2.18. The molecule has 0 spiro atoms. The maximum absolute atomic E-state index is 9.06. The third kappa shape index (κ3) is 3.70. The third-order valence-electron chi connectivity index (χ3n) is 2.75. The Morgan fingerprint density at radius 2 is 2.05 bits per heavy atom. The molecule has 0 radical (unpaired) electrons. The van der Waals surface area contributed by atoms with Crippen LogP contribution in [0.5, 0.6) is 5.75 Å². The molecule has 2 aromatic rings. The van der Waals surface area contributed by atoms with Crippen LogP contribution in [0.25, 0.3) is 0 Å². The summed E-state index contributed by atoms with van der Waals surface area (Å²) in [5.41, 5.74) is 6.75. The summed E-state index contributed by atoms with van der Waals surface area (Å²) >= 11 is 7.40. The van der Waals surface area contributed by atoms with Crippen LogP contribution < -0.4 is 10.5 Å². The van der Waals surface area contributed by atoms with Gasteiger partial charge in [-0.15, -0.1) is 11.3 Å². The fourth-order valence-corrected chi connectivity index (χ4v) is 2.93. The number of thiophene rings is 1. The summed E-state index contributed by atoms with van der Waals surface area (Å²) in [6.07, 6.45) is 0.357. The number of halogens is 1. The molecule has 1 heterocycles. The van der Waals surface area contributed by atoms with Gasteiger partial charge in [0.1, 0.15) is 11.9 Å². The van der Waals surface area contributed by atoms with Gasteiger partial charge in [-0.3, -0.25) is 0 Å². The maximum Gasteiger partial charge on any atom is 0.145 e. The number of hydrogen-bond donors (Lipinski definition) is 2. The van der Waals surface area contributed by atoms with E-state index in [1.54, 1.807) is 0 Å². The van der Waals surface area contributed by atoms with Gasteiger partial charge in [-0.25, -0.2) is 0 Å². The van der Waals surface area contributed by atoms with Crippen LogP contribution in [0.3, 0.4) is 0 Å². The Hall–Kier alpha value is -1.07. The molecule has 2 rings (SSSR count). The van der Waals surface area contributed by atoms with Crippen molar-refractivity contribution in [2.45, 2.75) is 12.5 Å². The smallest absolute Gasteiger partial charge is 0.145 e. The van der Waals surface area contributed by atoms with Gasteiger partial charge in [0.15, 0.2) is 0 Å². The topological polar surface area (TPSA) is 55.5 Å². The van der Waals surface area contributed by atoms with Gasteiger partial charge in [0.2, 0.25) is 0 Å². The number of aliphatic hydroxyl groups is 1. The molecule has 19 heavy (non-hydrogen) atoms. The molecule has 0 fully saturated rings. The van der Waals surface area contributed by atoms with Crippen molar-refractivity contribution in [2.75, 3.05) is 13.2 Å². The molecule has 1 atom stereocenters. The molecule has 3 nitrogen and oxygen atoms in total. The van der Waals surface area contributed by atoms with Gasteiger partial charge in [0.25, 0.3) is 0 Å². The summed E-state index contributed by atoms with van der Waals surface area (Å²) in [5.74, 6) is 0.761. The first kappa shape index (κ1) is 14.3. The molecule has 0 amide bonds. The van der Waals surface area contributed by atoms with Crippen LogP contribution in [0.2, 0.25) is 4.34 Å². The predicted octanol–water partition coefficient (Wildman–Crippen LogP) is 3.02. The van der Waals surface area contributed by atoms with E-state index < -0.39 is 0 Å². The van der Waals surface area contributed by atoms with E-state index >= 15 is 0 Å². The number of nitrogens with two attached hydrogens (primary N) is 1. The van der Waals surface area contributed by atoms with Gasteiger partial charge >= 0.3 is 0 Å². The molecule has 3 N–H and O–H groups in total. The number of para-hydroxylation sites is 1. The summed E-state index contributed by atoms with van der Waals surface area (Å²) in [7, 11) is 0. The molecular formula is C14H16ClNO2S. The van der Waals surface area contributed by atoms with Crippen molar-refractivity contribution in [2.24, 2.45) is 5.73 Å². The Balaban J connectivity index is 2.18. The minimum absolute atomic E-state index is 0.0957. The van der Waals surface area contributed by atoms with Crippen molar-refractivity contribution >= 4 is 22.9 Å². The Morgan fingerprint density at radius 1 is 1.26 bits per heavy atom. The van der Waals surface area contributed by atoms with E-state index in [0.717, 1.165) is 20.5 Å². The van der Waals surface area contributed by atoms with Crippen LogP contribution in [0.4, 0.5) is 0 Å². The van der Waals surface area contributed by atoms with Crippen molar-refractivity contribution in [3.63, 3.8) is 0 Å². The molecule has 0 saturated carbocycles.